The molecule has 1 fully saturated rings. The minimum atomic E-state index is -1.69. The number of aliphatic hydroxyl groups excluding tert-OH is 5. The first-order valence-electron chi connectivity index (χ1n) is 9.72. The van der Waals surface area contributed by atoms with Crippen LogP contribution >= 0.6 is 11.8 Å². The van der Waals surface area contributed by atoms with Crippen LogP contribution in [0.2, 0.25) is 0 Å². The van der Waals surface area contributed by atoms with Gasteiger partial charge in [0.05, 0.1) is 37.6 Å². The molecule has 2 heterocycles. The molecule has 0 spiro atoms. The summed E-state index contributed by atoms with van der Waals surface area (Å²) < 4.78 is 26.5. The van der Waals surface area contributed by atoms with E-state index >= 15 is 0 Å². The lowest BCUT2D eigenvalue weighted by Crippen LogP contribution is -2.60. The highest BCUT2D eigenvalue weighted by Crippen LogP contribution is 2.45. The van der Waals surface area contributed by atoms with Gasteiger partial charge in [0.1, 0.15) is 31.0 Å². The fourth-order valence-electron chi connectivity index (χ4n) is 3.98. The van der Waals surface area contributed by atoms with Crippen LogP contribution in [0.25, 0.3) is 0 Å². The lowest BCUT2D eigenvalue weighted by Gasteiger charge is -2.43. The number of hydrogen-bond acceptors (Lipinski definition) is 13. The van der Waals surface area contributed by atoms with Crippen LogP contribution in [-0.4, -0.2) is 106 Å². The SMILES string of the molecule is COC(=O)C1=CO[C@H](O[C@H]2O[C@H](CO)[C@@H](O)[C@@H](O)[C@H]2O)[C@H]2C(COC(=O)SC)=C[C@H](O)[C@H]12. The molecule has 0 aromatic rings. The minimum Gasteiger partial charge on any atom is -0.471 e. The molecule has 0 unspecified atom stereocenters. The Morgan fingerprint density at radius 3 is 2.44 bits per heavy atom. The van der Waals surface area contributed by atoms with E-state index in [4.69, 9.17) is 23.7 Å². The van der Waals surface area contributed by atoms with Gasteiger partial charge in [-0.2, -0.15) is 0 Å². The molecule has 3 rings (SSSR count). The van der Waals surface area contributed by atoms with Crippen LogP contribution < -0.4 is 0 Å². The maximum absolute atomic E-state index is 12.2. The van der Waals surface area contributed by atoms with Crippen molar-refractivity contribution in [3.8, 4) is 0 Å². The van der Waals surface area contributed by atoms with Crippen LogP contribution in [0.5, 0.6) is 0 Å². The molecule has 5 N–H and O–H groups in total. The van der Waals surface area contributed by atoms with Gasteiger partial charge in [0.2, 0.25) is 6.29 Å². The highest BCUT2D eigenvalue weighted by atomic mass is 32.2. The molecule has 32 heavy (non-hydrogen) atoms. The second kappa shape index (κ2) is 10.5. The van der Waals surface area contributed by atoms with E-state index in [0.29, 0.717) is 5.57 Å². The van der Waals surface area contributed by atoms with Gasteiger partial charge in [-0.25, -0.2) is 9.59 Å². The van der Waals surface area contributed by atoms with Gasteiger partial charge in [0.15, 0.2) is 6.29 Å². The van der Waals surface area contributed by atoms with Gasteiger partial charge in [-0.1, -0.05) is 6.08 Å². The van der Waals surface area contributed by atoms with Crippen LogP contribution in [0.3, 0.4) is 0 Å². The second-order valence-corrected chi connectivity index (χ2v) is 8.17. The number of fused-ring (bicyclic) bond motifs is 1. The van der Waals surface area contributed by atoms with Gasteiger partial charge in [-0.05, 0) is 23.6 Å². The summed E-state index contributed by atoms with van der Waals surface area (Å²) in [5.74, 6) is -2.44. The van der Waals surface area contributed by atoms with E-state index in [1.807, 2.05) is 0 Å². The van der Waals surface area contributed by atoms with Crippen LogP contribution in [0.4, 0.5) is 4.79 Å². The van der Waals surface area contributed by atoms with Crippen LogP contribution in [0.1, 0.15) is 0 Å². The fraction of sp³-hybridized carbons (Fsp3) is 0.684. The number of thioether (sulfide) groups is 1. The van der Waals surface area contributed by atoms with Crippen LogP contribution in [0, 0.1) is 11.8 Å². The van der Waals surface area contributed by atoms with Crippen molar-refractivity contribution in [2.75, 3.05) is 26.6 Å². The molecule has 0 saturated carbocycles. The Hall–Kier alpha value is -1.71. The Bertz CT molecular complexity index is 767. The Balaban J connectivity index is 1.86. The molecule has 0 aromatic heterocycles. The van der Waals surface area contributed by atoms with Crippen molar-refractivity contribution in [2.24, 2.45) is 11.8 Å². The molecule has 9 atom stereocenters. The van der Waals surface area contributed by atoms with Gasteiger partial charge in [0, 0.05) is 5.92 Å². The quantitative estimate of drug-likeness (QED) is 0.214. The lowest BCUT2D eigenvalue weighted by molar-refractivity contribution is -0.340. The zero-order chi connectivity index (χ0) is 23.6. The molecule has 13 heteroatoms. The molecular formula is C19H26O12S. The third-order valence-electron chi connectivity index (χ3n) is 5.61. The van der Waals surface area contributed by atoms with Gasteiger partial charge in [-0.15, -0.1) is 0 Å². The number of rotatable bonds is 6. The Morgan fingerprint density at radius 2 is 1.81 bits per heavy atom. The molecule has 0 radical (unpaired) electrons. The van der Waals surface area contributed by atoms with Gasteiger partial charge in [0.25, 0.3) is 0 Å². The summed E-state index contributed by atoms with van der Waals surface area (Å²) in [5.41, 5.74) is 0.426. The standard InChI is InChI=1S/C19H26O12S/c1-27-16(25)8-6-28-17(31-18-15(24)14(23)13(22)10(4-20)30-18)11-7(3-9(21)12(8)11)5-29-19(26)32-2/h3,6,9-15,17-18,20-24H,4-5H2,1-2H3/t9-,10+,11-,12-,13+,14+,15+,17+,18+/m0/s1. The number of carbonyl (C=O) groups excluding carboxylic acids is 2. The van der Waals surface area contributed by atoms with E-state index in [9.17, 15) is 35.1 Å². The first kappa shape index (κ1) is 24.9. The van der Waals surface area contributed by atoms with Crippen molar-refractivity contribution < 1.29 is 58.8 Å². The summed E-state index contributed by atoms with van der Waals surface area (Å²) in [5, 5.41) is 49.6. The second-order valence-electron chi connectivity index (χ2n) is 7.43. The summed E-state index contributed by atoms with van der Waals surface area (Å²) >= 11 is 0.853. The van der Waals surface area contributed by atoms with Crippen molar-refractivity contribution >= 4 is 23.0 Å². The van der Waals surface area contributed by atoms with E-state index in [-0.39, 0.29) is 12.2 Å². The largest absolute Gasteiger partial charge is 0.471 e. The average Bonchev–Trinajstić information content (AvgIpc) is 3.14. The normalized spacial score (nSPS) is 38.8. The number of esters is 1. The third kappa shape index (κ3) is 4.79. The summed E-state index contributed by atoms with van der Waals surface area (Å²) in [4.78, 5) is 23.8. The minimum absolute atomic E-state index is 0.0288. The molecule has 0 aromatic carbocycles. The van der Waals surface area contributed by atoms with E-state index in [2.05, 4.69) is 0 Å². The third-order valence-corrected chi connectivity index (χ3v) is 6.06. The Labute approximate surface area is 187 Å². The molecule has 2 aliphatic heterocycles. The molecule has 12 nitrogen and oxygen atoms in total. The summed E-state index contributed by atoms with van der Waals surface area (Å²) in [7, 11) is 1.17. The predicted molar refractivity (Wildman–Crippen MR) is 106 cm³/mol. The molecule has 1 saturated heterocycles. The van der Waals surface area contributed by atoms with Crippen molar-refractivity contribution in [2.45, 2.75) is 43.1 Å². The van der Waals surface area contributed by atoms with Crippen molar-refractivity contribution in [3.05, 3.63) is 23.5 Å². The molecule has 1 aliphatic carbocycles. The van der Waals surface area contributed by atoms with Crippen LogP contribution in [0.15, 0.2) is 23.5 Å². The van der Waals surface area contributed by atoms with Crippen molar-refractivity contribution in [3.63, 3.8) is 0 Å². The molecule has 0 bridgehead atoms. The average molecular weight is 478 g/mol. The number of hydrogen-bond donors (Lipinski definition) is 5. The summed E-state index contributed by atoms with van der Waals surface area (Å²) in [6, 6.07) is 0. The summed E-state index contributed by atoms with van der Waals surface area (Å²) in [6.45, 7) is -0.868. The molecule has 180 valence electrons. The summed E-state index contributed by atoms with van der Waals surface area (Å²) in [6.07, 6.45) is -6.03. The Morgan fingerprint density at radius 1 is 1.09 bits per heavy atom. The zero-order valence-electron chi connectivity index (χ0n) is 17.3. The Kier molecular flexibility index (Phi) is 8.16. The van der Waals surface area contributed by atoms with Gasteiger partial charge >= 0.3 is 11.3 Å². The first-order chi connectivity index (χ1) is 15.2. The van der Waals surface area contributed by atoms with E-state index in [1.54, 1.807) is 0 Å². The van der Waals surface area contributed by atoms with Crippen molar-refractivity contribution in [1.82, 2.24) is 0 Å². The first-order valence-corrected chi connectivity index (χ1v) is 10.9. The topological polar surface area (TPSA) is 181 Å². The molecular weight excluding hydrogens is 452 g/mol. The number of ether oxygens (including phenoxy) is 5. The fourth-order valence-corrected chi connectivity index (χ4v) is 4.16. The maximum atomic E-state index is 12.2. The van der Waals surface area contributed by atoms with E-state index in [0.717, 1.165) is 18.0 Å². The number of carbonyl (C=O) groups is 2. The van der Waals surface area contributed by atoms with Crippen LogP contribution in [-0.2, 0) is 28.5 Å². The number of methoxy groups -OCH3 is 1. The number of aliphatic hydroxyl groups is 5. The monoisotopic (exact) mass is 478 g/mol. The van der Waals surface area contributed by atoms with Gasteiger partial charge < -0.3 is 49.2 Å². The van der Waals surface area contributed by atoms with Gasteiger partial charge in [-0.3, -0.25) is 0 Å². The highest BCUT2D eigenvalue weighted by Gasteiger charge is 2.52. The zero-order valence-corrected chi connectivity index (χ0v) is 18.1. The van der Waals surface area contributed by atoms with Crippen molar-refractivity contribution in [1.29, 1.82) is 0 Å². The highest BCUT2D eigenvalue weighted by molar-refractivity contribution is 8.12. The van der Waals surface area contributed by atoms with E-state index < -0.39 is 72.8 Å². The lowest BCUT2D eigenvalue weighted by atomic mass is 9.82. The molecule has 0 amide bonds. The smallest absolute Gasteiger partial charge is 0.367 e. The predicted octanol–water partition coefficient (Wildman–Crippen LogP) is -1.75. The van der Waals surface area contributed by atoms with E-state index in [1.165, 1.54) is 19.4 Å². The molecule has 3 aliphatic rings. The maximum Gasteiger partial charge on any atom is 0.367 e.